The molecular formula is C15H21ClN3O3+. The van der Waals surface area contributed by atoms with Crippen molar-refractivity contribution in [2.75, 3.05) is 25.0 Å². The topological polar surface area (TPSA) is 76.7 Å². The molecule has 1 aromatic carbocycles. The van der Waals surface area contributed by atoms with E-state index in [9.17, 15) is 14.9 Å². The molecule has 1 amide bonds. The molecule has 0 bridgehead atoms. The third-order valence-corrected chi connectivity index (χ3v) is 4.24. The van der Waals surface area contributed by atoms with Crippen molar-refractivity contribution in [2.45, 2.75) is 20.3 Å². The van der Waals surface area contributed by atoms with Gasteiger partial charge in [0.2, 0.25) is 0 Å². The zero-order chi connectivity index (χ0) is 16.3. The average Bonchev–Trinajstić information content (AvgIpc) is 2.39. The van der Waals surface area contributed by atoms with Crippen LogP contribution in [0.5, 0.6) is 0 Å². The van der Waals surface area contributed by atoms with Gasteiger partial charge in [0.1, 0.15) is 0 Å². The smallest absolute Gasteiger partial charge is 0.279 e. The maximum Gasteiger partial charge on any atom is 0.279 e. The first-order valence-corrected chi connectivity index (χ1v) is 7.80. The van der Waals surface area contributed by atoms with Gasteiger partial charge >= 0.3 is 0 Å². The molecule has 7 heteroatoms. The van der Waals surface area contributed by atoms with Crippen molar-refractivity contribution in [2.24, 2.45) is 11.8 Å². The lowest BCUT2D eigenvalue weighted by Gasteiger charge is -2.31. The Morgan fingerprint density at radius 1 is 1.41 bits per heavy atom. The number of carbonyl (C=O) groups is 1. The summed E-state index contributed by atoms with van der Waals surface area (Å²) in [6, 6.07) is 4.05. The predicted molar refractivity (Wildman–Crippen MR) is 85.2 cm³/mol. The van der Waals surface area contributed by atoms with E-state index >= 15 is 0 Å². The van der Waals surface area contributed by atoms with E-state index < -0.39 is 4.92 Å². The molecule has 1 heterocycles. The lowest BCUT2D eigenvalue weighted by Crippen LogP contribution is -3.15. The molecule has 1 fully saturated rings. The molecule has 1 saturated heterocycles. The van der Waals surface area contributed by atoms with Crippen molar-refractivity contribution >= 4 is 28.9 Å². The summed E-state index contributed by atoms with van der Waals surface area (Å²) in [5.41, 5.74) is 0.321. The number of quaternary nitrogens is 1. The van der Waals surface area contributed by atoms with Crippen LogP contribution < -0.4 is 10.2 Å². The monoisotopic (exact) mass is 326 g/mol. The molecule has 1 aliphatic heterocycles. The molecule has 2 N–H and O–H groups in total. The number of nitro groups is 1. The number of anilines is 1. The van der Waals surface area contributed by atoms with E-state index in [1.165, 1.54) is 29.5 Å². The van der Waals surface area contributed by atoms with Gasteiger partial charge in [0.05, 0.1) is 28.7 Å². The van der Waals surface area contributed by atoms with Gasteiger partial charge in [-0.15, -0.1) is 0 Å². The maximum absolute atomic E-state index is 12.1. The first kappa shape index (κ1) is 16.7. The number of rotatable bonds is 4. The second kappa shape index (κ2) is 7.07. The van der Waals surface area contributed by atoms with E-state index in [4.69, 9.17) is 11.6 Å². The number of nitro benzene ring substituents is 1. The van der Waals surface area contributed by atoms with Gasteiger partial charge in [-0.1, -0.05) is 25.4 Å². The highest BCUT2D eigenvalue weighted by Crippen LogP contribution is 2.26. The Bertz CT molecular complexity index is 569. The summed E-state index contributed by atoms with van der Waals surface area (Å²) in [7, 11) is 0. The van der Waals surface area contributed by atoms with Crippen LogP contribution in [0.4, 0.5) is 11.4 Å². The summed E-state index contributed by atoms with van der Waals surface area (Å²) < 4.78 is 0. The quantitative estimate of drug-likeness (QED) is 0.653. The second-order valence-corrected chi connectivity index (χ2v) is 6.66. The van der Waals surface area contributed by atoms with Crippen molar-refractivity contribution in [3.05, 3.63) is 33.3 Å². The minimum absolute atomic E-state index is 0.0905. The van der Waals surface area contributed by atoms with E-state index in [-0.39, 0.29) is 16.6 Å². The van der Waals surface area contributed by atoms with Gasteiger partial charge < -0.3 is 10.2 Å². The number of nitrogens with zero attached hydrogens (tertiary/aromatic N) is 1. The first-order valence-electron chi connectivity index (χ1n) is 7.42. The van der Waals surface area contributed by atoms with Crippen LogP contribution >= 0.6 is 11.6 Å². The fraction of sp³-hybridized carbons (Fsp3) is 0.533. The van der Waals surface area contributed by atoms with Gasteiger partial charge in [0.25, 0.3) is 11.6 Å². The van der Waals surface area contributed by atoms with Gasteiger partial charge in [0, 0.05) is 24.0 Å². The Morgan fingerprint density at radius 2 is 2.05 bits per heavy atom. The molecule has 3 atom stereocenters. The van der Waals surface area contributed by atoms with Crippen molar-refractivity contribution in [1.82, 2.24) is 0 Å². The largest absolute Gasteiger partial charge is 0.327 e. The number of hydrogen-bond acceptors (Lipinski definition) is 3. The highest BCUT2D eigenvalue weighted by Gasteiger charge is 2.26. The van der Waals surface area contributed by atoms with Crippen molar-refractivity contribution in [3.8, 4) is 0 Å². The van der Waals surface area contributed by atoms with E-state index in [0.29, 0.717) is 24.1 Å². The fourth-order valence-electron chi connectivity index (χ4n) is 3.21. The van der Waals surface area contributed by atoms with E-state index in [1.807, 2.05) is 0 Å². The molecule has 1 aromatic rings. The highest BCUT2D eigenvalue weighted by molar-refractivity contribution is 6.33. The van der Waals surface area contributed by atoms with Gasteiger partial charge in [-0.3, -0.25) is 14.9 Å². The summed E-state index contributed by atoms with van der Waals surface area (Å²) in [4.78, 5) is 23.6. The lowest BCUT2D eigenvalue weighted by atomic mass is 9.92. The third-order valence-electron chi connectivity index (χ3n) is 3.93. The third kappa shape index (κ3) is 4.42. The SMILES string of the molecule is C[C@@H]1C[C@H](C)C[NH+](CC(=O)Nc2ccc([N+](=O)[O-])cc2Cl)C1. The number of non-ortho nitro benzene ring substituents is 1. The molecule has 0 saturated carbocycles. The molecule has 0 aliphatic carbocycles. The van der Waals surface area contributed by atoms with Crippen molar-refractivity contribution < 1.29 is 14.6 Å². The summed E-state index contributed by atoms with van der Waals surface area (Å²) in [6.07, 6.45) is 1.21. The van der Waals surface area contributed by atoms with Gasteiger partial charge in [-0.2, -0.15) is 0 Å². The fourth-order valence-corrected chi connectivity index (χ4v) is 3.43. The molecule has 6 nitrogen and oxygen atoms in total. The van der Waals surface area contributed by atoms with Crippen LogP contribution in [0, 0.1) is 22.0 Å². The number of carbonyl (C=O) groups excluding carboxylic acids is 1. The number of benzene rings is 1. The molecule has 1 unspecified atom stereocenters. The summed E-state index contributed by atoms with van der Waals surface area (Å²) in [5, 5.41) is 13.6. The number of piperidine rings is 1. The molecule has 0 radical (unpaired) electrons. The first-order chi connectivity index (χ1) is 10.3. The minimum Gasteiger partial charge on any atom is -0.327 e. The standard InChI is InChI=1S/C15H20ClN3O3/c1-10-5-11(2)8-18(7-10)9-15(20)17-14-4-3-12(19(21)22)6-13(14)16/h3-4,6,10-11H,5,7-9H2,1-2H3,(H,17,20)/p+1/t10-,11+. The van der Waals surface area contributed by atoms with Crippen molar-refractivity contribution in [3.63, 3.8) is 0 Å². The Morgan fingerprint density at radius 3 is 2.59 bits per heavy atom. The zero-order valence-electron chi connectivity index (χ0n) is 12.8. The van der Waals surface area contributed by atoms with E-state index in [2.05, 4.69) is 19.2 Å². The van der Waals surface area contributed by atoms with Gasteiger partial charge in [-0.25, -0.2) is 0 Å². The Hall–Kier alpha value is -1.66. The molecule has 22 heavy (non-hydrogen) atoms. The average molecular weight is 327 g/mol. The van der Waals surface area contributed by atoms with E-state index in [1.54, 1.807) is 0 Å². The Labute approximate surface area is 134 Å². The molecule has 0 aromatic heterocycles. The minimum atomic E-state index is -0.516. The summed E-state index contributed by atoms with van der Waals surface area (Å²) in [5.74, 6) is 1.12. The number of amides is 1. The number of likely N-dealkylation sites (tertiary alicyclic amines) is 1. The Kier molecular flexibility index (Phi) is 5.37. The summed E-state index contributed by atoms with van der Waals surface area (Å²) in [6.45, 7) is 6.79. The summed E-state index contributed by atoms with van der Waals surface area (Å²) >= 11 is 5.98. The molecule has 1 aliphatic rings. The molecular weight excluding hydrogens is 306 g/mol. The highest BCUT2D eigenvalue weighted by atomic mass is 35.5. The van der Waals surface area contributed by atoms with Crippen LogP contribution in [-0.2, 0) is 4.79 Å². The second-order valence-electron chi connectivity index (χ2n) is 6.25. The van der Waals surface area contributed by atoms with Crippen LogP contribution in [0.25, 0.3) is 0 Å². The van der Waals surface area contributed by atoms with Crippen LogP contribution in [0.3, 0.4) is 0 Å². The van der Waals surface area contributed by atoms with Crippen molar-refractivity contribution in [1.29, 1.82) is 0 Å². The van der Waals surface area contributed by atoms with E-state index in [0.717, 1.165) is 13.1 Å². The Balaban J connectivity index is 1.96. The zero-order valence-corrected chi connectivity index (χ0v) is 13.5. The predicted octanol–water partition coefficient (Wildman–Crippen LogP) is 1.75. The van der Waals surface area contributed by atoms with Crippen LogP contribution in [0.15, 0.2) is 18.2 Å². The van der Waals surface area contributed by atoms with Crippen LogP contribution in [0.2, 0.25) is 5.02 Å². The van der Waals surface area contributed by atoms with Crippen LogP contribution in [-0.4, -0.2) is 30.5 Å². The number of halogens is 1. The van der Waals surface area contributed by atoms with Gasteiger partial charge in [0.15, 0.2) is 6.54 Å². The molecule has 0 spiro atoms. The molecule has 2 rings (SSSR count). The maximum atomic E-state index is 12.1. The van der Waals surface area contributed by atoms with Gasteiger partial charge in [-0.05, 0) is 12.5 Å². The number of hydrogen-bond donors (Lipinski definition) is 2. The lowest BCUT2D eigenvalue weighted by molar-refractivity contribution is -0.904. The number of nitrogens with one attached hydrogen (secondary N) is 2. The molecule has 120 valence electrons. The van der Waals surface area contributed by atoms with Crippen LogP contribution in [0.1, 0.15) is 20.3 Å². The normalized spacial score (nSPS) is 24.8.